The van der Waals surface area contributed by atoms with Crippen LogP contribution in [0, 0.1) is 19.7 Å². The molecule has 1 aliphatic heterocycles. The molecule has 0 saturated heterocycles. The van der Waals surface area contributed by atoms with Crippen LogP contribution in [0.1, 0.15) is 54.4 Å². The highest BCUT2D eigenvalue weighted by molar-refractivity contribution is 7.93. The molecule has 2 aliphatic rings. The Balaban J connectivity index is 1.55. The van der Waals surface area contributed by atoms with Crippen LogP contribution in [0.4, 0.5) is 15.8 Å². The Morgan fingerprint density at radius 3 is 2.38 bits per heavy atom. The number of nitrogens with zero attached hydrogens (tertiary/aromatic N) is 1. The van der Waals surface area contributed by atoms with Gasteiger partial charge in [-0.1, -0.05) is 25.3 Å². The number of halogens is 1. The second-order valence-electron chi connectivity index (χ2n) is 8.45. The monoisotopic (exact) mass is 416 g/mol. The van der Waals surface area contributed by atoms with Gasteiger partial charge in [0.25, 0.3) is 0 Å². The van der Waals surface area contributed by atoms with E-state index in [2.05, 4.69) is 21.8 Å². The van der Waals surface area contributed by atoms with Crippen LogP contribution >= 0.6 is 0 Å². The van der Waals surface area contributed by atoms with Gasteiger partial charge in [0, 0.05) is 18.8 Å². The molecule has 0 radical (unpaired) electrons. The highest BCUT2D eigenvalue weighted by Gasteiger charge is 2.28. The van der Waals surface area contributed by atoms with Crippen molar-refractivity contribution in [2.45, 2.75) is 64.2 Å². The number of benzene rings is 2. The molecule has 1 heterocycles. The fourth-order valence-corrected chi connectivity index (χ4v) is 6.35. The molecule has 1 fully saturated rings. The summed E-state index contributed by atoms with van der Waals surface area (Å²) in [6.45, 7) is 5.48. The summed E-state index contributed by atoms with van der Waals surface area (Å²) in [5.74, 6) is -0.182. The minimum atomic E-state index is -3.36. The van der Waals surface area contributed by atoms with E-state index in [1.807, 2.05) is 19.9 Å². The fraction of sp³-hybridized carbons (Fsp3) is 0.478. The lowest BCUT2D eigenvalue weighted by molar-refractivity contribution is 0.486. The van der Waals surface area contributed by atoms with Gasteiger partial charge in [-0.25, -0.2) is 12.8 Å². The molecule has 6 heteroatoms. The molecule has 2 aromatic rings. The van der Waals surface area contributed by atoms with E-state index in [-0.39, 0.29) is 11.1 Å². The maximum absolute atomic E-state index is 13.5. The van der Waals surface area contributed by atoms with E-state index in [4.69, 9.17) is 0 Å². The number of nitrogens with one attached hydrogen (secondary N) is 1. The van der Waals surface area contributed by atoms with Crippen molar-refractivity contribution in [1.29, 1.82) is 0 Å². The molecule has 1 N–H and O–H groups in total. The first-order valence-electron chi connectivity index (χ1n) is 10.5. The molecular weight excluding hydrogens is 387 g/mol. The first-order chi connectivity index (χ1) is 13.8. The van der Waals surface area contributed by atoms with Crippen LogP contribution < -0.4 is 9.62 Å². The van der Waals surface area contributed by atoms with Crippen LogP contribution in [-0.2, 0) is 23.0 Å². The van der Waals surface area contributed by atoms with Gasteiger partial charge >= 0.3 is 0 Å². The summed E-state index contributed by atoms with van der Waals surface area (Å²) < 4.78 is 42.1. The SMILES string of the molecule is Cc1cc(N2CCc3cc(F)ccc3C2)cc(C)c1NS(=O)(=O)C1CCCCC1. The van der Waals surface area contributed by atoms with E-state index in [0.717, 1.165) is 79.6 Å². The number of sulfonamides is 1. The molecule has 0 spiro atoms. The smallest absolute Gasteiger partial charge is 0.235 e. The Bertz CT molecular complexity index is 991. The maximum atomic E-state index is 13.5. The number of hydrogen-bond acceptors (Lipinski definition) is 3. The van der Waals surface area contributed by atoms with Crippen molar-refractivity contribution in [2.24, 2.45) is 0 Å². The standard InChI is InChI=1S/C23H29FN2O2S/c1-16-12-21(26-11-10-18-14-20(24)9-8-19(18)15-26)13-17(2)23(16)25-29(27,28)22-6-4-3-5-7-22/h8-9,12-14,22,25H,3-7,10-11,15H2,1-2H3. The van der Waals surface area contributed by atoms with E-state index in [1.54, 1.807) is 6.07 Å². The molecule has 0 aromatic heterocycles. The molecule has 29 heavy (non-hydrogen) atoms. The van der Waals surface area contributed by atoms with Gasteiger partial charge in [-0.3, -0.25) is 4.72 Å². The molecule has 0 atom stereocenters. The molecule has 156 valence electrons. The Labute approximate surface area is 173 Å². The van der Waals surface area contributed by atoms with Gasteiger partial charge in [0.1, 0.15) is 5.82 Å². The highest BCUT2D eigenvalue weighted by atomic mass is 32.2. The van der Waals surface area contributed by atoms with Gasteiger partial charge in [-0.2, -0.15) is 0 Å². The predicted molar refractivity (Wildman–Crippen MR) is 116 cm³/mol. The molecular formula is C23H29FN2O2S. The van der Waals surface area contributed by atoms with Gasteiger partial charge in [0.2, 0.25) is 10.0 Å². The van der Waals surface area contributed by atoms with Crippen LogP contribution in [0.15, 0.2) is 30.3 Å². The number of anilines is 2. The first kappa shape index (κ1) is 20.2. The molecule has 0 unspecified atom stereocenters. The lowest BCUT2D eigenvalue weighted by Crippen LogP contribution is -2.31. The zero-order valence-electron chi connectivity index (χ0n) is 17.2. The van der Waals surface area contributed by atoms with Crippen molar-refractivity contribution in [2.75, 3.05) is 16.2 Å². The third kappa shape index (κ3) is 4.27. The van der Waals surface area contributed by atoms with Crippen LogP contribution in [0.2, 0.25) is 0 Å². The van der Waals surface area contributed by atoms with Gasteiger partial charge in [0.05, 0.1) is 10.9 Å². The largest absolute Gasteiger partial charge is 0.367 e. The van der Waals surface area contributed by atoms with Crippen molar-refractivity contribution < 1.29 is 12.8 Å². The molecule has 0 amide bonds. The number of fused-ring (bicyclic) bond motifs is 1. The van der Waals surface area contributed by atoms with Crippen LogP contribution in [-0.4, -0.2) is 20.2 Å². The van der Waals surface area contributed by atoms with Crippen molar-refractivity contribution in [1.82, 2.24) is 0 Å². The molecule has 4 nitrogen and oxygen atoms in total. The fourth-order valence-electron chi connectivity index (χ4n) is 4.63. The first-order valence-corrected chi connectivity index (χ1v) is 12.0. The van der Waals surface area contributed by atoms with Crippen molar-refractivity contribution >= 4 is 21.4 Å². The summed E-state index contributed by atoms with van der Waals surface area (Å²) in [6.07, 6.45) is 5.41. The van der Waals surface area contributed by atoms with Crippen LogP contribution in [0.5, 0.6) is 0 Å². The predicted octanol–water partition coefficient (Wildman–Crippen LogP) is 5.08. The van der Waals surface area contributed by atoms with Crippen molar-refractivity contribution in [3.05, 3.63) is 58.4 Å². The lowest BCUT2D eigenvalue weighted by atomic mass is 9.98. The van der Waals surface area contributed by atoms with Crippen LogP contribution in [0.25, 0.3) is 0 Å². The number of aryl methyl sites for hydroxylation is 2. The number of rotatable bonds is 4. The minimum absolute atomic E-state index is 0.182. The lowest BCUT2D eigenvalue weighted by Gasteiger charge is -2.32. The number of hydrogen-bond donors (Lipinski definition) is 1. The summed E-state index contributed by atoms with van der Waals surface area (Å²) in [5, 5.41) is -0.284. The minimum Gasteiger partial charge on any atom is -0.367 e. The molecule has 0 bridgehead atoms. The second kappa shape index (κ2) is 7.98. The molecule has 2 aromatic carbocycles. The summed E-state index contributed by atoms with van der Waals surface area (Å²) in [6, 6.07) is 9.12. The van der Waals surface area contributed by atoms with Gasteiger partial charge in [-0.15, -0.1) is 0 Å². The third-order valence-corrected chi connectivity index (χ3v) is 8.14. The molecule has 1 aliphatic carbocycles. The van der Waals surface area contributed by atoms with E-state index in [9.17, 15) is 12.8 Å². The van der Waals surface area contributed by atoms with E-state index in [1.165, 1.54) is 6.07 Å². The molecule has 4 rings (SSSR count). The maximum Gasteiger partial charge on any atom is 0.235 e. The summed E-state index contributed by atoms with van der Waals surface area (Å²) >= 11 is 0. The topological polar surface area (TPSA) is 49.4 Å². The van der Waals surface area contributed by atoms with E-state index < -0.39 is 10.0 Å². The van der Waals surface area contributed by atoms with Crippen molar-refractivity contribution in [3.63, 3.8) is 0 Å². The molecule has 1 saturated carbocycles. The highest BCUT2D eigenvalue weighted by Crippen LogP contribution is 2.33. The third-order valence-electron chi connectivity index (χ3n) is 6.30. The zero-order valence-corrected chi connectivity index (χ0v) is 18.0. The van der Waals surface area contributed by atoms with Crippen LogP contribution in [0.3, 0.4) is 0 Å². The Kier molecular flexibility index (Phi) is 5.56. The normalized spacial score (nSPS) is 17.8. The Morgan fingerprint density at radius 2 is 1.69 bits per heavy atom. The quantitative estimate of drug-likeness (QED) is 0.756. The Hall–Kier alpha value is -2.08. The van der Waals surface area contributed by atoms with E-state index >= 15 is 0 Å². The second-order valence-corrected chi connectivity index (χ2v) is 10.4. The summed E-state index contributed by atoms with van der Waals surface area (Å²) in [4.78, 5) is 2.28. The average Bonchev–Trinajstić information content (AvgIpc) is 2.71. The summed E-state index contributed by atoms with van der Waals surface area (Å²) in [7, 11) is -3.36. The Morgan fingerprint density at radius 1 is 1.00 bits per heavy atom. The zero-order chi connectivity index (χ0) is 20.6. The van der Waals surface area contributed by atoms with E-state index in [0.29, 0.717) is 5.69 Å². The van der Waals surface area contributed by atoms with Gasteiger partial charge in [0.15, 0.2) is 0 Å². The van der Waals surface area contributed by atoms with Gasteiger partial charge < -0.3 is 4.90 Å². The van der Waals surface area contributed by atoms with Gasteiger partial charge in [-0.05, 0) is 79.6 Å². The summed E-state index contributed by atoms with van der Waals surface area (Å²) in [5.41, 5.74) is 5.88. The average molecular weight is 417 g/mol. The van der Waals surface area contributed by atoms with Crippen molar-refractivity contribution in [3.8, 4) is 0 Å².